The summed E-state index contributed by atoms with van der Waals surface area (Å²) in [6, 6.07) is 1.57. The van der Waals surface area contributed by atoms with E-state index in [9.17, 15) is 4.79 Å². The summed E-state index contributed by atoms with van der Waals surface area (Å²) in [5, 5.41) is 9.29. The Kier molecular flexibility index (Phi) is 2.48. The van der Waals surface area contributed by atoms with Crippen LogP contribution < -0.4 is 5.73 Å². The van der Waals surface area contributed by atoms with Crippen LogP contribution in [0.3, 0.4) is 0 Å². The topological polar surface area (TPSA) is 63.3 Å². The second-order valence-electron chi connectivity index (χ2n) is 2.90. The molecule has 0 aliphatic heterocycles. The molecule has 0 aliphatic carbocycles. The Morgan fingerprint density at radius 2 is 2.08 bits per heavy atom. The lowest BCUT2D eigenvalue weighted by molar-refractivity contribution is 0.0697. The number of benzene rings is 1. The van der Waals surface area contributed by atoms with Gasteiger partial charge in [-0.25, -0.2) is 4.79 Å². The van der Waals surface area contributed by atoms with Gasteiger partial charge in [-0.15, -0.1) is 0 Å². The average molecular weight is 200 g/mol. The van der Waals surface area contributed by atoms with Gasteiger partial charge >= 0.3 is 5.97 Å². The van der Waals surface area contributed by atoms with Crippen LogP contribution in [0.1, 0.15) is 21.5 Å². The fraction of sp³-hybridized carbons (Fsp3) is 0.222. The third kappa shape index (κ3) is 1.60. The molecule has 1 aromatic rings. The van der Waals surface area contributed by atoms with Gasteiger partial charge in [0.15, 0.2) is 0 Å². The van der Waals surface area contributed by atoms with E-state index in [1.165, 1.54) is 0 Å². The minimum atomic E-state index is -1.04. The molecule has 13 heavy (non-hydrogen) atoms. The maximum absolute atomic E-state index is 10.8. The van der Waals surface area contributed by atoms with E-state index >= 15 is 0 Å². The average Bonchev–Trinajstić information content (AvgIpc) is 1.99. The van der Waals surface area contributed by atoms with Crippen LogP contribution in [0.2, 0.25) is 5.02 Å². The number of halogens is 1. The molecule has 0 saturated heterocycles. The van der Waals surface area contributed by atoms with E-state index < -0.39 is 5.97 Å². The van der Waals surface area contributed by atoms with Gasteiger partial charge in [-0.1, -0.05) is 11.6 Å². The van der Waals surface area contributed by atoms with E-state index in [0.717, 1.165) is 5.56 Å². The minimum Gasteiger partial charge on any atom is -0.478 e. The number of rotatable bonds is 1. The first kappa shape index (κ1) is 9.86. The van der Waals surface area contributed by atoms with Crippen LogP contribution in [-0.4, -0.2) is 11.1 Å². The highest BCUT2D eigenvalue weighted by Gasteiger charge is 2.15. The number of nitrogen functional groups attached to an aromatic ring is 1. The summed E-state index contributed by atoms with van der Waals surface area (Å²) in [5.74, 6) is -1.04. The predicted molar refractivity (Wildman–Crippen MR) is 52.3 cm³/mol. The number of hydrogen-bond acceptors (Lipinski definition) is 2. The predicted octanol–water partition coefficient (Wildman–Crippen LogP) is 2.24. The van der Waals surface area contributed by atoms with Gasteiger partial charge in [-0.2, -0.15) is 0 Å². The van der Waals surface area contributed by atoms with Crippen molar-refractivity contribution in [3.63, 3.8) is 0 Å². The number of aromatic carboxylic acids is 1. The van der Waals surface area contributed by atoms with Crippen molar-refractivity contribution < 1.29 is 9.90 Å². The van der Waals surface area contributed by atoms with Crippen molar-refractivity contribution >= 4 is 23.3 Å². The Balaban J connectivity index is 3.53. The largest absolute Gasteiger partial charge is 0.478 e. The molecule has 1 rings (SSSR count). The summed E-state index contributed by atoms with van der Waals surface area (Å²) in [6.07, 6.45) is 0. The lowest BCUT2D eigenvalue weighted by atomic mass is 10.0. The smallest absolute Gasteiger partial charge is 0.338 e. The number of carboxylic acids is 1. The van der Waals surface area contributed by atoms with Crippen LogP contribution in [0, 0.1) is 13.8 Å². The second-order valence-corrected chi connectivity index (χ2v) is 3.28. The van der Waals surface area contributed by atoms with Crippen LogP contribution in [-0.2, 0) is 0 Å². The third-order valence-electron chi connectivity index (χ3n) is 1.93. The zero-order valence-electron chi connectivity index (χ0n) is 7.39. The van der Waals surface area contributed by atoms with Crippen molar-refractivity contribution in [2.75, 3.05) is 5.73 Å². The number of anilines is 1. The van der Waals surface area contributed by atoms with Crippen LogP contribution in [0.4, 0.5) is 5.69 Å². The van der Waals surface area contributed by atoms with Crippen molar-refractivity contribution in [1.29, 1.82) is 0 Å². The monoisotopic (exact) mass is 199 g/mol. The van der Waals surface area contributed by atoms with E-state index in [1.54, 1.807) is 19.9 Å². The molecule has 3 nitrogen and oxygen atoms in total. The molecule has 0 radical (unpaired) electrons. The van der Waals surface area contributed by atoms with Gasteiger partial charge in [0.25, 0.3) is 0 Å². The molecule has 0 unspecified atom stereocenters. The van der Waals surface area contributed by atoms with Crippen molar-refractivity contribution in [3.8, 4) is 0 Å². The number of hydrogen-bond donors (Lipinski definition) is 2. The molecule has 0 amide bonds. The minimum absolute atomic E-state index is 0.0931. The number of nitrogens with two attached hydrogens (primary N) is 1. The lowest BCUT2D eigenvalue weighted by Crippen LogP contribution is -2.06. The highest BCUT2D eigenvalue weighted by molar-refractivity contribution is 6.32. The Labute approximate surface area is 81.1 Å². The van der Waals surface area contributed by atoms with Gasteiger partial charge in [0.2, 0.25) is 0 Å². The fourth-order valence-electron chi connectivity index (χ4n) is 1.27. The summed E-state index contributed by atoms with van der Waals surface area (Å²) in [4.78, 5) is 10.8. The quantitative estimate of drug-likeness (QED) is 0.682. The van der Waals surface area contributed by atoms with Crippen molar-refractivity contribution in [3.05, 3.63) is 27.8 Å². The van der Waals surface area contributed by atoms with Gasteiger partial charge in [0.1, 0.15) is 0 Å². The van der Waals surface area contributed by atoms with Gasteiger partial charge < -0.3 is 10.8 Å². The highest BCUT2D eigenvalue weighted by atomic mass is 35.5. The van der Waals surface area contributed by atoms with E-state index in [-0.39, 0.29) is 11.3 Å². The number of aryl methyl sites for hydroxylation is 1. The first-order valence-corrected chi connectivity index (χ1v) is 4.11. The summed E-state index contributed by atoms with van der Waals surface area (Å²) in [7, 11) is 0. The Hall–Kier alpha value is -1.22. The molecular weight excluding hydrogens is 190 g/mol. The Morgan fingerprint density at radius 3 is 2.54 bits per heavy atom. The van der Waals surface area contributed by atoms with E-state index in [2.05, 4.69) is 0 Å². The van der Waals surface area contributed by atoms with Crippen molar-refractivity contribution in [2.45, 2.75) is 13.8 Å². The summed E-state index contributed by atoms with van der Waals surface area (Å²) in [5.41, 5.74) is 7.22. The lowest BCUT2D eigenvalue weighted by Gasteiger charge is -2.09. The maximum atomic E-state index is 10.8. The zero-order chi connectivity index (χ0) is 10.2. The van der Waals surface area contributed by atoms with Gasteiger partial charge in [0, 0.05) is 10.7 Å². The molecular formula is C9H10ClNO2. The van der Waals surface area contributed by atoms with Crippen LogP contribution in [0.25, 0.3) is 0 Å². The third-order valence-corrected chi connectivity index (χ3v) is 2.51. The number of carboxylic acid groups (broad SMARTS) is 1. The highest BCUT2D eigenvalue weighted by Crippen LogP contribution is 2.28. The molecule has 0 atom stereocenters. The second kappa shape index (κ2) is 3.26. The van der Waals surface area contributed by atoms with Gasteiger partial charge in [-0.05, 0) is 31.0 Å². The van der Waals surface area contributed by atoms with Crippen molar-refractivity contribution in [1.82, 2.24) is 0 Å². The van der Waals surface area contributed by atoms with Gasteiger partial charge in [0.05, 0.1) is 5.56 Å². The maximum Gasteiger partial charge on any atom is 0.338 e. The van der Waals surface area contributed by atoms with Crippen LogP contribution in [0.5, 0.6) is 0 Å². The molecule has 0 spiro atoms. The molecule has 0 aromatic heterocycles. The van der Waals surface area contributed by atoms with E-state index in [1.807, 2.05) is 0 Å². The molecule has 0 bridgehead atoms. The fourth-order valence-corrected chi connectivity index (χ4v) is 1.42. The molecule has 70 valence electrons. The molecule has 0 aliphatic rings. The summed E-state index contributed by atoms with van der Waals surface area (Å²) in [6.45, 7) is 3.44. The van der Waals surface area contributed by atoms with E-state index in [0.29, 0.717) is 10.6 Å². The molecule has 4 heteroatoms. The Bertz CT molecular complexity index is 374. The first-order chi connectivity index (χ1) is 5.95. The molecule has 0 heterocycles. The summed E-state index contributed by atoms with van der Waals surface area (Å²) < 4.78 is 0. The molecule has 3 N–H and O–H groups in total. The zero-order valence-corrected chi connectivity index (χ0v) is 8.14. The first-order valence-electron chi connectivity index (χ1n) is 3.73. The molecule has 0 fully saturated rings. The SMILES string of the molecule is Cc1cc(N)c(C(=O)O)c(C)c1Cl. The van der Waals surface area contributed by atoms with Crippen LogP contribution >= 0.6 is 11.6 Å². The number of carbonyl (C=O) groups is 1. The normalized spacial score (nSPS) is 10.1. The van der Waals surface area contributed by atoms with E-state index in [4.69, 9.17) is 22.4 Å². The summed E-state index contributed by atoms with van der Waals surface area (Å²) >= 11 is 5.88. The molecule has 0 saturated carbocycles. The standard InChI is InChI=1S/C9H10ClNO2/c1-4-3-6(11)7(9(12)13)5(2)8(4)10/h3H,11H2,1-2H3,(H,12,13). The van der Waals surface area contributed by atoms with Gasteiger partial charge in [-0.3, -0.25) is 0 Å². The molecule has 1 aromatic carbocycles. The Morgan fingerprint density at radius 1 is 1.54 bits per heavy atom. The van der Waals surface area contributed by atoms with Crippen LogP contribution in [0.15, 0.2) is 6.07 Å². The van der Waals surface area contributed by atoms with Crippen molar-refractivity contribution in [2.24, 2.45) is 0 Å².